The van der Waals surface area contributed by atoms with E-state index < -0.39 is 17.9 Å². The Morgan fingerprint density at radius 3 is 2.55 bits per heavy atom. The molecular formula is C28H26F4N2O3S. The maximum Gasteiger partial charge on any atom is 0.471 e. The number of hydrogen-bond donors (Lipinski definition) is 0. The first-order chi connectivity index (χ1) is 18.3. The summed E-state index contributed by atoms with van der Waals surface area (Å²) in [6.45, 7) is 1.35. The number of anilines is 2. The summed E-state index contributed by atoms with van der Waals surface area (Å²) in [6.07, 6.45) is -4.30. The van der Waals surface area contributed by atoms with Crippen molar-refractivity contribution < 1.29 is 31.9 Å². The second-order valence-electron chi connectivity index (χ2n) is 8.63. The number of thioether (sulfide) groups is 1. The number of nitrogens with zero attached hydrogens (tertiary/aromatic N) is 2. The SMILES string of the molecule is O=CCCc1ccc(N(Cc2cccc3c2SCCN3CCOc2ccccc2)C(=O)C(F)(F)F)cc1F. The van der Waals surface area contributed by atoms with E-state index >= 15 is 0 Å². The Bertz CT molecular complexity index is 1270. The predicted molar refractivity (Wildman–Crippen MR) is 139 cm³/mol. The first kappa shape index (κ1) is 27.5. The number of halogens is 4. The van der Waals surface area contributed by atoms with E-state index in [1.54, 1.807) is 12.1 Å². The van der Waals surface area contributed by atoms with Gasteiger partial charge in [-0.25, -0.2) is 4.39 Å². The van der Waals surface area contributed by atoms with Crippen molar-refractivity contribution in [3.63, 3.8) is 0 Å². The molecule has 1 heterocycles. The molecule has 4 rings (SSSR count). The number of carbonyl (C=O) groups is 2. The summed E-state index contributed by atoms with van der Waals surface area (Å²) >= 11 is 1.51. The third-order valence-electron chi connectivity index (χ3n) is 6.09. The van der Waals surface area contributed by atoms with Gasteiger partial charge in [-0.05, 0) is 47.9 Å². The highest BCUT2D eigenvalue weighted by molar-refractivity contribution is 7.99. The Labute approximate surface area is 222 Å². The molecule has 0 saturated carbocycles. The van der Waals surface area contributed by atoms with E-state index in [1.807, 2.05) is 36.4 Å². The summed E-state index contributed by atoms with van der Waals surface area (Å²) in [5.41, 5.74) is 1.38. The number of ether oxygens (including phenoxy) is 1. The van der Waals surface area contributed by atoms with E-state index in [-0.39, 0.29) is 30.6 Å². The fraction of sp³-hybridized carbons (Fsp3) is 0.286. The molecule has 0 fully saturated rings. The number of benzene rings is 3. The topological polar surface area (TPSA) is 49.9 Å². The largest absolute Gasteiger partial charge is 0.492 e. The van der Waals surface area contributed by atoms with Gasteiger partial charge >= 0.3 is 12.1 Å². The molecule has 0 unspecified atom stereocenters. The first-order valence-electron chi connectivity index (χ1n) is 12.1. The van der Waals surface area contributed by atoms with Crippen molar-refractivity contribution in [3.05, 3.63) is 83.7 Å². The molecule has 10 heteroatoms. The number of rotatable bonds is 10. The van der Waals surface area contributed by atoms with Crippen molar-refractivity contribution in [2.24, 2.45) is 0 Å². The average Bonchev–Trinajstić information content (AvgIpc) is 2.91. The fourth-order valence-electron chi connectivity index (χ4n) is 4.24. The van der Waals surface area contributed by atoms with Crippen LogP contribution in [-0.2, 0) is 22.6 Å². The van der Waals surface area contributed by atoms with Gasteiger partial charge < -0.3 is 19.3 Å². The van der Waals surface area contributed by atoms with Gasteiger partial charge in [0.05, 0.1) is 18.8 Å². The third-order valence-corrected chi connectivity index (χ3v) is 7.24. The van der Waals surface area contributed by atoms with Crippen LogP contribution in [-0.4, -0.2) is 43.8 Å². The molecule has 1 aliphatic rings. The van der Waals surface area contributed by atoms with Crippen LogP contribution in [0.1, 0.15) is 17.5 Å². The molecular weight excluding hydrogens is 520 g/mol. The van der Waals surface area contributed by atoms with Crippen molar-refractivity contribution in [2.45, 2.75) is 30.5 Å². The summed E-state index contributed by atoms with van der Waals surface area (Å²) in [4.78, 5) is 26.5. The van der Waals surface area contributed by atoms with Gasteiger partial charge in [0.1, 0.15) is 24.5 Å². The van der Waals surface area contributed by atoms with Gasteiger partial charge in [-0.2, -0.15) is 13.2 Å². The molecule has 3 aromatic rings. The number of hydrogen-bond acceptors (Lipinski definition) is 5. The Balaban J connectivity index is 1.58. The van der Waals surface area contributed by atoms with Crippen molar-refractivity contribution in [1.82, 2.24) is 0 Å². The quantitative estimate of drug-likeness (QED) is 0.229. The van der Waals surface area contributed by atoms with Crippen molar-refractivity contribution in [2.75, 3.05) is 35.2 Å². The zero-order valence-electron chi connectivity index (χ0n) is 20.4. The standard InChI is InChI=1S/C28H26F4N2O3S/c29-24-18-22(12-11-20(24)7-5-15-35)34(27(36)28(30,31)32)19-21-6-4-10-25-26(21)38-17-14-33(25)13-16-37-23-8-2-1-3-9-23/h1-4,6,8-12,15,18H,5,7,13-14,16-17,19H2. The van der Waals surface area contributed by atoms with Crippen LogP contribution in [0.25, 0.3) is 0 Å². The Morgan fingerprint density at radius 1 is 1.05 bits per heavy atom. The molecule has 38 heavy (non-hydrogen) atoms. The van der Waals surface area contributed by atoms with Crippen LogP contribution in [0.2, 0.25) is 0 Å². The smallest absolute Gasteiger partial charge is 0.471 e. The van der Waals surface area contributed by atoms with Gasteiger partial charge in [0.2, 0.25) is 0 Å². The van der Waals surface area contributed by atoms with Crippen LogP contribution in [0.15, 0.2) is 71.6 Å². The maximum absolute atomic E-state index is 14.6. The molecule has 0 bridgehead atoms. The summed E-state index contributed by atoms with van der Waals surface area (Å²) in [5, 5.41) is 0. The lowest BCUT2D eigenvalue weighted by Gasteiger charge is -2.33. The summed E-state index contributed by atoms with van der Waals surface area (Å²) < 4.78 is 61.1. The minimum absolute atomic E-state index is 0.0850. The Kier molecular flexibility index (Phi) is 8.93. The maximum atomic E-state index is 14.6. The lowest BCUT2D eigenvalue weighted by atomic mass is 10.1. The number of fused-ring (bicyclic) bond motifs is 1. The zero-order valence-corrected chi connectivity index (χ0v) is 21.2. The van der Waals surface area contributed by atoms with E-state index in [0.29, 0.717) is 35.7 Å². The number of amides is 1. The highest BCUT2D eigenvalue weighted by Gasteiger charge is 2.43. The van der Waals surface area contributed by atoms with Gasteiger partial charge in [0.15, 0.2) is 0 Å². The second kappa shape index (κ2) is 12.3. The minimum atomic E-state index is -5.14. The molecule has 1 aliphatic heterocycles. The van der Waals surface area contributed by atoms with Crippen molar-refractivity contribution in [1.29, 1.82) is 0 Å². The van der Waals surface area contributed by atoms with E-state index in [0.717, 1.165) is 28.9 Å². The van der Waals surface area contributed by atoms with Gasteiger partial charge in [-0.1, -0.05) is 36.4 Å². The minimum Gasteiger partial charge on any atom is -0.492 e. The lowest BCUT2D eigenvalue weighted by molar-refractivity contribution is -0.170. The third kappa shape index (κ3) is 6.66. The summed E-state index contributed by atoms with van der Waals surface area (Å²) in [7, 11) is 0. The molecule has 3 aromatic carbocycles. The lowest BCUT2D eigenvalue weighted by Crippen LogP contribution is -2.41. The molecule has 0 spiro atoms. The highest BCUT2D eigenvalue weighted by Crippen LogP contribution is 2.39. The van der Waals surface area contributed by atoms with Crippen LogP contribution in [0, 0.1) is 5.82 Å². The molecule has 5 nitrogen and oxygen atoms in total. The van der Waals surface area contributed by atoms with Crippen LogP contribution in [0.4, 0.5) is 28.9 Å². The first-order valence-corrected chi connectivity index (χ1v) is 13.0. The zero-order chi connectivity index (χ0) is 27.1. The molecule has 0 radical (unpaired) electrons. The normalized spacial score (nSPS) is 13.1. The monoisotopic (exact) mass is 546 g/mol. The Morgan fingerprint density at radius 2 is 1.84 bits per heavy atom. The molecule has 1 amide bonds. The highest BCUT2D eigenvalue weighted by atomic mass is 32.2. The van der Waals surface area contributed by atoms with Crippen molar-refractivity contribution >= 4 is 35.3 Å². The fourth-order valence-corrected chi connectivity index (χ4v) is 5.42. The van der Waals surface area contributed by atoms with Gasteiger partial charge in [0.25, 0.3) is 0 Å². The summed E-state index contributed by atoms with van der Waals surface area (Å²) in [6, 6.07) is 18.2. The van der Waals surface area contributed by atoms with E-state index in [9.17, 15) is 27.2 Å². The van der Waals surface area contributed by atoms with E-state index in [1.165, 1.54) is 23.9 Å². The van der Waals surface area contributed by atoms with Crippen molar-refractivity contribution in [3.8, 4) is 5.75 Å². The molecule has 0 aromatic heterocycles. The van der Waals surface area contributed by atoms with E-state index in [2.05, 4.69) is 4.90 Å². The summed E-state index contributed by atoms with van der Waals surface area (Å²) in [5.74, 6) is -1.39. The number of para-hydroxylation sites is 1. The number of aryl methyl sites for hydroxylation is 1. The molecule has 0 atom stereocenters. The Hall–Kier alpha value is -3.53. The van der Waals surface area contributed by atoms with Crippen LogP contribution in [0.3, 0.4) is 0 Å². The molecule has 0 N–H and O–H groups in total. The van der Waals surface area contributed by atoms with Crippen LogP contribution >= 0.6 is 11.8 Å². The molecule has 200 valence electrons. The number of alkyl halides is 3. The number of carbonyl (C=O) groups excluding carboxylic acids is 2. The molecule has 0 aliphatic carbocycles. The number of aldehydes is 1. The van der Waals surface area contributed by atoms with Crippen LogP contribution in [0.5, 0.6) is 5.75 Å². The van der Waals surface area contributed by atoms with Gasteiger partial charge in [0, 0.05) is 29.3 Å². The van der Waals surface area contributed by atoms with Crippen LogP contribution < -0.4 is 14.5 Å². The average molecular weight is 547 g/mol. The van der Waals surface area contributed by atoms with Gasteiger partial charge in [-0.15, -0.1) is 11.8 Å². The van der Waals surface area contributed by atoms with E-state index in [4.69, 9.17) is 4.74 Å². The second-order valence-corrected chi connectivity index (χ2v) is 9.74. The predicted octanol–water partition coefficient (Wildman–Crippen LogP) is 6.04. The van der Waals surface area contributed by atoms with Gasteiger partial charge in [-0.3, -0.25) is 4.79 Å². The molecule has 0 saturated heterocycles.